The quantitative estimate of drug-likeness (QED) is 0.00855. The van der Waals surface area contributed by atoms with Crippen LogP contribution in [0.15, 0.2) is 175 Å². The molecule has 7 heterocycles. The number of nitrogens with zero attached hydrogens (tertiary/aromatic N) is 6. The number of ether oxygens (including phenoxy) is 3. The number of nitrogens with two attached hydrogens (primary N) is 1. The molecule has 2 unspecified atom stereocenters. The maximum atomic E-state index is 12.7. The van der Waals surface area contributed by atoms with Crippen LogP contribution in [-0.4, -0.2) is 163 Å². The Labute approximate surface area is 819 Å². The highest BCUT2D eigenvalue weighted by Gasteiger charge is 2.36. The molecular formula is C105H132ClN15O13S3. The van der Waals surface area contributed by atoms with E-state index in [9.17, 15) is 49.5 Å². The first-order chi connectivity index (χ1) is 64.9. The molecule has 0 radical (unpaired) electrons. The van der Waals surface area contributed by atoms with E-state index in [-0.39, 0.29) is 81.5 Å². The molecule has 2 fully saturated rings. The third-order valence-electron chi connectivity index (χ3n) is 25.4. The molecular weight excluding hydrogens is 1810 g/mol. The highest BCUT2D eigenvalue weighted by molar-refractivity contribution is 8.14. The molecule has 12 aromatic rings. The number of nitrogen functional groups attached to an aromatic ring is 1. The molecule has 32 heteroatoms. The van der Waals surface area contributed by atoms with Crippen molar-refractivity contribution in [1.82, 2.24) is 44.9 Å². The van der Waals surface area contributed by atoms with Crippen molar-refractivity contribution in [3.63, 3.8) is 0 Å². The number of Topliss-reactive ketones (excluding diaryl/α,β-unsaturated/α-hetero) is 1. The first kappa shape index (κ1) is 105. The summed E-state index contributed by atoms with van der Waals surface area (Å²) in [6.45, 7) is 28.2. The smallest absolute Gasteiger partial charge is 0.410 e. The molecule has 137 heavy (non-hydrogen) atoms. The summed E-state index contributed by atoms with van der Waals surface area (Å²) in [5.41, 5.74) is 21.8. The number of halogens is 1. The van der Waals surface area contributed by atoms with Gasteiger partial charge in [-0.3, -0.25) is 40.5 Å². The number of nitro groups is 3. The van der Waals surface area contributed by atoms with Gasteiger partial charge in [-0.15, -0.1) is 46.8 Å². The van der Waals surface area contributed by atoms with Gasteiger partial charge in [0.1, 0.15) is 27.6 Å². The molecule has 2 atom stereocenters. The lowest BCUT2D eigenvalue weighted by Gasteiger charge is -2.37. The molecule has 17 rings (SSSR count). The summed E-state index contributed by atoms with van der Waals surface area (Å²) in [7, 11) is 0. The summed E-state index contributed by atoms with van der Waals surface area (Å²) in [6, 6.07) is 36.3. The van der Waals surface area contributed by atoms with Gasteiger partial charge in [-0.1, -0.05) is 43.4 Å². The van der Waals surface area contributed by atoms with Crippen LogP contribution in [0.5, 0.6) is 0 Å². The standard InChI is InChI=1S/C27H35N3O2S.C21H27N3O4.C21H31N3O2.C16H19N3O2.C14H12N2O3.C6H7NS2.ClH/c1-5-30(26(31)32-27(2,3)4)20-11-9-19(10-12-20)22-17-29-24-13-8-18(15-21(22)24)16-23(28)25-7-6-14-33-25;1-5-23(20(25)28-21(2,3)4)15-8-6-14(7-9-15)18-13-22-19-11-10-16(24(26)27)12-17(18)19;1-5-24(20(25)26-21(2,3)4)16-9-6-14(7-10-16)18-13-23-19-11-8-15(22)12-17(18)19;1-2-17-12-5-3-11(4-6-12)15-10-18-16-8-7-13(19(20)21)9-14(15)16;17-11-4-1-9(2-5-11)13-8-15-14-6-3-10(16(18)19)7-12(13)14;1-8-6(7)5-3-2-4-9-5;/h6-8,13-15,17,19-20,28-29H,5,9-12,16H2,1-4H3;6,10-13,15,22H,5,7-9H2,1-4H3;8,11-14,16,23H,5-7,9-10,22H2,1-4H3;3,7-10,12,17-18H,2,4-6H2,1H3;1,3,6-8,15H,2,4-5H2;2-4,7H,1H3;1H. The number of thioether (sulfide) groups is 1. The third-order valence-corrected chi connectivity index (χ3v) is 27.9. The van der Waals surface area contributed by atoms with Crippen molar-refractivity contribution in [2.24, 2.45) is 0 Å². The fraction of sp³-hybridized carbons (Fsp3) is 0.429. The zero-order valence-corrected chi connectivity index (χ0v) is 84.2. The monoisotopic (exact) mass is 1940 g/mol. The van der Waals surface area contributed by atoms with Crippen molar-refractivity contribution in [2.45, 2.75) is 258 Å². The van der Waals surface area contributed by atoms with E-state index in [0.29, 0.717) is 74.0 Å². The number of aromatic amines is 5. The Kier molecular flexibility index (Phi) is 36.7. The van der Waals surface area contributed by atoms with E-state index in [2.05, 4.69) is 86.0 Å². The SMILES string of the molecule is CCN(C(=O)OC(C)(C)C)C1CC=C(c2c[nH]c3ccc([N+](=O)[O-])cc23)CC1.CCN(C(=O)OC(C)(C)C)C1CCC(c2c[nH]c3ccc(CC(=N)c4cccs4)cc23)CC1.CCN(C(=O)OC(C)(C)C)C1CCC(c2c[nH]c3ccc(N)cc23)CC1.CCNC1CC=C(c2c[nH]c3ccc([N+](=O)[O-])cc23)CC1.CSC(=N)c1cccs1.Cl.O=C1CC=C(c2c[nH]c3ccc([N+](=O)[O-])cc23)CC1. The number of allylic oxidation sites excluding steroid dienone is 4. The van der Waals surface area contributed by atoms with Crippen LogP contribution >= 0.6 is 46.8 Å². The van der Waals surface area contributed by atoms with E-state index in [1.54, 1.807) is 70.0 Å². The van der Waals surface area contributed by atoms with Crippen LogP contribution in [-0.2, 0) is 25.4 Å². The number of ketones is 1. The van der Waals surface area contributed by atoms with Gasteiger partial charge in [0.15, 0.2) is 0 Å². The van der Waals surface area contributed by atoms with Crippen LogP contribution in [0.4, 0.5) is 37.1 Å². The predicted octanol–water partition coefficient (Wildman–Crippen LogP) is 27.1. The van der Waals surface area contributed by atoms with Crippen molar-refractivity contribution in [3.8, 4) is 0 Å². The number of anilines is 1. The minimum atomic E-state index is -0.515. The Hall–Kier alpha value is -12.2. The highest BCUT2D eigenvalue weighted by atomic mass is 35.5. The number of rotatable bonds is 20. The first-order valence-corrected chi connectivity index (χ1v) is 50.2. The molecule has 5 aliphatic rings. The molecule has 7 aromatic heterocycles. The van der Waals surface area contributed by atoms with Gasteiger partial charge in [0, 0.05) is 212 Å². The summed E-state index contributed by atoms with van der Waals surface area (Å²) < 4.78 is 16.8. The highest BCUT2D eigenvalue weighted by Crippen LogP contribution is 2.44. The van der Waals surface area contributed by atoms with Crippen molar-refractivity contribution >= 4 is 176 Å². The van der Waals surface area contributed by atoms with E-state index in [0.717, 1.165) is 183 Å². The number of carbonyl (C=O) groups is 4. The Morgan fingerprint density at radius 2 is 0.876 bits per heavy atom. The van der Waals surface area contributed by atoms with Crippen LogP contribution in [0, 0.1) is 41.2 Å². The van der Waals surface area contributed by atoms with Crippen LogP contribution < -0.4 is 11.1 Å². The number of thiophene rings is 2. The molecule has 10 N–H and O–H groups in total. The molecule has 3 amide bonds. The zero-order valence-electron chi connectivity index (χ0n) is 81.0. The van der Waals surface area contributed by atoms with Crippen molar-refractivity contribution < 1.29 is 48.2 Å². The third kappa shape index (κ3) is 28.1. The second kappa shape index (κ2) is 47.7. The number of fused-ring (bicyclic) bond motifs is 5. The van der Waals surface area contributed by atoms with Gasteiger partial charge in [-0.05, 0) is 309 Å². The summed E-state index contributed by atoms with van der Waals surface area (Å²) in [5.74, 6) is 1.24. The lowest BCUT2D eigenvalue weighted by molar-refractivity contribution is -0.384. The fourth-order valence-corrected chi connectivity index (χ4v) is 20.6. The van der Waals surface area contributed by atoms with Gasteiger partial charge in [0.25, 0.3) is 17.1 Å². The van der Waals surface area contributed by atoms with Crippen LogP contribution in [0.25, 0.3) is 71.2 Å². The maximum absolute atomic E-state index is 12.7. The van der Waals surface area contributed by atoms with Crippen molar-refractivity contribution in [2.75, 3.05) is 38.2 Å². The number of aromatic nitrogens is 5. The van der Waals surface area contributed by atoms with E-state index < -0.39 is 21.7 Å². The van der Waals surface area contributed by atoms with Crippen molar-refractivity contribution in [3.05, 3.63) is 249 Å². The molecule has 0 saturated heterocycles. The summed E-state index contributed by atoms with van der Waals surface area (Å²) in [5, 5.41) is 62.0. The second-order valence-corrected chi connectivity index (χ2v) is 40.8. The molecule has 5 aliphatic carbocycles. The van der Waals surface area contributed by atoms with Gasteiger partial charge >= 0.3 is 18.3 Å². The van der Waals surface area contributed by atoms with Gasteiger partial charge in [0.2, 0.25) is 0 Å². The lowest BCUT2D eigenvalue weighted by atomic mass is 9.81. The van der Waals surface area contributed by atoms with Gasteiger partial charge in [0.05, 0.1) is 25.4 Å². The van der Waals surface area contributed by atoms with E-state index in [1.165, 1.54) is 56.9 Å². The molecule has 0 spiro atoms. The first-order valence-electron chi connectivity index (χ1n) is 47.2. The molecule has 2 saturated carbocycles. The number of amides is 3. The fourth-order valence-electron chi connectivity index (χ4n) is 18.7. The largest absolute Gasteiger partial charge is 0.444 e. The molecule has 28 nitrogen and oxygen atoms in total. The second-order valence-electron chi connectivity index (χ2n) is 38.1. The van der Waals surface area contributed by atoms with Crippen molar-refractivity contribution in [1.29, 1.82) is 10.8 Å². The summed E-state index contributed by atoms with van der Waals surface area (Å²) in [6.07, 6.45) is 33.7. The van der Waals surface area contributed by atoms with E-state index in [1.807, 2.05) is 171 Å². The molecule has 730 valence electrons. The molecule has 0 bridgehead atoms. The summed E-state index contributed by atoms with van der Waals surface area (Å²) >= 11 is 4.71. The topological polar surface area (TPSA) is 400 Å². The normalized spacial score (nSPS) is 17.7. The minimum absolute atomic E-state index is 0. The number of benzene rings is 5. The average molecular weight is 1940 g/mol. The van der Waals surface area contributed by atoms with Crippen LogP contribution in [0.2, 0.25) is 0 Å². The number of nitro benzene ring substituents is 3. The lowest BCUT2D eigenvalue weighted by Crippen LogP contribution is -2.44. The van der Waals surface area contributed by atoms with Gasteiger partial charge < -0.3 is 70.3 Å². The zero-order chi connectivity index (χ0) is 97.9. The summed E-state index contributed by atoms with van der Waals surface area (Å²) in [4.78, 5) is 105. The number of nitrogens with one attached hydrogen (secondary N) is 8. The molecule has 5 aromatic carbocycles. The molecule has 0 aliphatic heterocycles. The number of hydrogen-bond acceptors (Lipinski definition) is 20. The van der Waals surface area contributed by atoms with E-state index in [4.69, 9.17) is 30.8 Å². The van der Waals surface area contributed by atoms with Crippen LogP contribution in [0.1, 0.15) is 254 Å². The average Bonchev–Trinajstić information content (AvgIpc) is 1.70. The number of non-ortho nitro benzene ring substituents is 3. The Morgan fingerprint density at radius 1 is 0.482 bits per heavy atom. The Bertz CT molecular complexity index is 6300. The number of hydrogen-bond donors (Lipinski definition) is 9. The van der Waals surface area contributed by atoms with E-state index >= 15 is 0 Å². The van der Waals surface area contributed by atoms with Crippen LogP contribution in [0.3, 0.4) is 0 Å². The van der Waals surface area contributed by atoms with Gasteiger partial charge in [-0.2, -0.15) is 0 Å². The Balaban J connectivity index is 0.000000162. The number of carbonyl (C=O) groups excluding carboxylic acids is 4. The number of H-pyrrole nitrogens is 5. The van der Waals surface area contributed by atoms with Gasteiger partial charge in [-0.25, -0.2) is 14.4 Å². The predicted molar refractivity (Wildman–Crippen MR) is 560 cm³/mol. The minimum Gasteiger partial charge on any atom is -0.444 e. The Morgan fingerprint density at radius 3 is 1.25 bits per heavy atom. The maximum Gasteiger partial charge on any atom is 0.410 e.